The van der Waals surface area contributed by atoms with Crippen molar-refractivity contribution in [2.24, 2.45) is 11.8 Å². The van der Waals surface area contributed by atoms with Crippen LogP contribution in [0.1, 0.15) is 28.8 Å². The van der Waals surface area contributed by atoms with Crippen LogP contribution in [0.25, 0.3) is 0 Å². The molecule has 8 nitrogen and oxygen atoms in total. The van der Waals surface area contributed by atoms with Crippen molar-refractivity contribution in [1.82, 2.24) is 0 Å². The van der Waals surface area contributed by atoms with E-state index in [0.29, 0.717) is 18.2 Å². The van der Waals surface area contributed by atoms with Gasteiger partial charge in [0.25, 0.3) is 5.91 Å². The first kappa shape index (κ1) is 26.7. The standard InChI is InChI=1S/C24H20ClF3N2O6/c25-18-10-7-14(24(26,27)28)11-19(18)30-20(31)12-36-23(35)13-5-8-15(9-6-13)29-21(32)16-3-1-2-4-17(16)22(33)34/h1-2,5-11,16-17H,3-4,12H2,(H,29,32)(H,30,31)(H,33,34)/t16-,17+/m1/s1. The Bertz CT molecular complexity index is 1200. The minimum Gasteiger partial charge on any atom is -0.481 e. The van der Waals surface area contributed by atoms with Crippen LogP contribution in [0.2, 0.25) is 5.02 Å². The molecule has 2 aromatic carbocycles. The summed E-state index contributed by atoms with van der Waals surface area (Å²) in [7, 11) is 0. The van der Waals surface area contributed by atoms with Crippen LogP contribution in [0, 0.1) is 11.8 Å². The lowest BCUT2D eigenvalue weighted by Crippen LogP contribution is -2.34. The first-order chi connectivity index (χ1) is 17.0. The molecule has 36 heavy (non-hydrogen) atoms. The van der Waals surface area contributed by atoms with E-state index in [9.17, 15) is 37.5 Å². The lowest BCUT2D eigenvalue weighted by atomic mass is 9.82. The van der Waals surface area contributed by atoms with E-state index in [1.807, 2.05) is 0 Å². The molecular weight excluding hydrogens is 505 g/mol. The van der Waals surface area contributed by atoms with Crippen molar-refractivity contribution in [3.8, 4) is 0 Å². The van der Waals surface area contributed by atoms with E-state index in [1.54, 1.807) is 12.2 Å². The number of carbonyl (C=O) groups is 4. The lowest BCUT2D eigenvalue weighted by molar-refractivity contribution is -0.146. The van der Waals surface area contributed by atoms with Crippen LogP contribution >= 0.6 is 11.6 Å². The number of anilines is 2. The largest absolute Gasteiger partial charge is 0.481 e. The molecule has 12 heteroatoms. The third-order valence-corrected chi connectivity index (χ3v) is 5.71. The van der Waals surface area contributed by atoms with Gasteiger partial charge in [0.15, 0.2) is 6.61 Å². The van der Waals surface area contributed by atoms with Crippen molar-refractivity contribution >= 4 is 46.7 Å². The Kier molecular flexibility index (Phi) is 8.36. The smallest absolute Gasteiger partial charge is 0.416 e. The number of amides is 2. The molecule has 2 amide bonds. The third kappa shape index (κ3) is 6.85. The summed E-state index contributed by atoms with van der Waals surface area (Å²) in [4.78, 5) is 48.1. The first-order valence-electron chi connectivity index (χ1n) is 10.6. The zero-order valence-corrected chi connectivity index (χ0v) is 19.2. The van der Waals surface area contributed by atoms with Crippen molar-refractivity contribution in [1.29, 1.82) is 0 Å². The normalized spacial score (nSPS) is 17.2. The predicted octanol–water partition coefficient (Wildman–Crippen LogP) is 4.76. The molecular formula is C24H20ClF3N2O6. The van der Waals surface area contributed by atoms with Gasteiger partial charge in [0.05, 0.1) is 33.7 Å². The number of halogens is 4. The summed E-state index contributed by atoms with van der Waals surface area (Å²) in [5, 5.41) is 14.0. The average Bonchev–Trinajstić information content (AvgIpc) is 2.83. The summed E-state index contributed by atoms with van der Waals surface area (Å²) < 4.78 is 43.4. The summed E-state index contributed by atoms with van der Waals surface area (Å²) >= 11 is 5.82. The number of benzene rings is 2. The van der Waals surface area contributed by atoms with Crippen molar-refractivity contribution in [3.63, 3.8) is 0 Å². The number of alkyl halides is 3. The van der Waals surface area contributed by atoms with E-state index in [0.717, 1.165) is 12.1 Å². The summed E-state index contributed by atoms with van der Waals surface area (Å²) in [5.41, 5.74) is -0.926. The van der Waals surface area contributed by atoms with Gasteiger partial charge < -0.3 is 20.5 Å². The first-order valence-corrected chi connectivity index (χ1v) is 11.0. The SMILES string of the molecule is O=C(COC(=O)c1ccc(NC(=O)[C@@H]2CC=CC[C@@H]2C(=O)O)cc1)Nc1cc(C(F)(F)F)ccc1Cl. The number of allylic oxidation sites excluding steroid dienone is 2. The van der Waals surface area contributed by atoms with Crippen molar-refractivity contribution < 1.29 is 42.2 Å². The summed E-state index contributed by atoms with van der Waals surface area (Å²) in [6.07, 6.45) is -0.613. The Balaban J connectivity index is 1.54. The summed E-state index contributed by atoms with van der Waals surface area (Å²) in [6.45, 7) is -0.782. The van der Waals surface area contributed by atoms with Gasteiger partial charge in [-0.15, -0.1) is 0 Å². The van der Waals surface area contributed by atoms with Gasteiger partial charge in [-0.25, -0.2) is 4.79 Å². The number of rotatable bonds is 7. The fourth-order valence-electron chi connectivity index (χ4n) is 3.50. The molecule has 0 bridgehead atoms. The van der Waals surface area contributed by atoms with Crippen LogP contribution in [0.5, 0.6) is 0 Å². The third-order valence-electron chi connectivity index (χ3n) is 5.38. The molecule has 3 rings (SSSR count). The maximum Gasteiger partial charge on any atom is 0.416 e. The van der Waals surface area contributed by atoms with E-state index in [4.69, 9.17) is 16.3 Å². The molecule has 3 N–H and O–H groups in total. The highest BCUT2D eigenvalue weighted by Crippen LogP contribution is 2.34. The molecule has 0 unspecified atom stereocenters. The van der Waals surface area contributed by atoms with Gasteiger partial charge in [-0.3, -0.25) is 14.4 Å². The van der Waals surface area contributed by atoms with Crippen LogP contribution in [-0.2, 0) is 25.3 Å². The molecule has 0 saturated carbocycles. The number of carboxylic acids is 1. The van der Waals surface area contributed by atoms with E-state index >= 15 is 0 Å². The van der Waals surface area contributed by atoms with Gasteiger partial charge in [-0.05, 0) is 55.3 Å². The van der Waals surface area contributed by atoms with E-state index in [2.05, 4.69) is 10.6 Å². The second-order valence-electron chi connectivity index (χ2n) is 7.88. The van der Waals surface area contributed by atoms with E-state index in [-0.39, 0.29) is 22.7 Å². The van der Waals surface area contributed by atoms with E-state index in [1.165, 1.54) is 24.3 Å². The number of nitrogens with one attached hydrogen (secondary N) is 2. The molecule has 0 radical (unpaired) electrons. The van der Waals surface area contributed by atoms with Crippen molar-refractivity contribution in [2.75, 3.05) is 17.2 Å². The molecule has 190 valence electrons. The van der Waals surface area contributed by atoms with Crippen LogP contribution in [0.4, 0.5) is 24.5 Å². The van der Waals surface area contributed by atoms with Gasteiger partial charge in [0.2, 0.25) is 5.91 Å². The fourth-order valence-corrected chi connectivity index (χ4v) is 3.66. The number of esters is 1. The highest BCUT2D eigenvalue weighted by Gasteiger charge is 2.34. The Labute approximate surface area is 208 Å². The molecule has 0 aliphatic heterocycles. The molecule has 0 aromatic heterocycles. The van der Waals surface area contributed by atoms with Crippen LogP contribution in [0.3, 0.4) is 0 Å². The van der Waals surface area contributed by atoms with Crippen LogP contribution < -0.4 is 10.6 Å². The van der Waals surface area contributed by atoms with Gasteiger partial charge >= 0.3 is 18.1 Å². The average molecular weight is 525 g/mol. The molecule has 2 atom stereocenters. The van der Waals surface area contributed by atoms with Crippen LogP contribution in [-0.4, -0.2) is 35.5 Å². The second kappa shape index (κ2) is 11.3. The number of aliphatic carboxylic acids is 1. The van der Waals surface area contributed by atoms with Crippen molar-refractivity contribution in [2.45, 2.75) is 19.0 Å². The summed E-state index contributed by atoms with van der Waals surface area (Å²) in [5.74, 6) is -4.88. The van der Waals surface area contributed by atoms with Gasteiger partial charge in [-0.1, -0.05) is 23.8 Å². The number of hydrogen-bond acceptors (Lipinski definition) is 5. The Morgan fingerprint density at radius 2 is 1.61 bits per heavy atom. The quantitative estimate of drug-likeness (QED) is 0.355. The molecule has 1 aliphatic carbocycles. The maximum atomic E-state index is 12.8. The Morgan fingerprint density at radius 1 is 0.972 bits per heavy atom. The van der Waals surface area contributed by atoms with Crippen LogP contribution in [0.15, 0.2) is 54.6 Å². The predicted molar refractivity (Wildman–Crippen MR) is 123 cm³/mol. The van der Waals surface area contributed by atoms with Gasteiger partial charge in [0.1, 0.15) is 0 Å². The van der Waals surface area contributed by atoms with E-state index < -0.39 is 53.9 Å². The number of hydrogen-bond donors (Lipinski definition) is 3. The lowest BCUT2D eigenvalue weighted by Gasteiger charge is -2.24. The minimum absolute atomic E-state index is 0.0434. The topological polar surface area (TPSA) is 122 Å². The molecule has 0 heterocycles. The molecule has 0 saturated heterocycles. The zero-order chi connectivity index (χ0) is 26.5. The monoisotopic (exact) mass is 524 g/mol. The summed E-state index contributed by atoms with van der Waals surface area (Å²) in [6, 6.07) is 7.89. The molecule has 2 aromatic rings. The van der Waals surface area contributed by atoms with Gasteiger partial charge in [0, 0.05) is 5.69 Å². The highest BCUT2D eigenvalue weighted by atomic mass is 35.5. The number of carbonyl (C=O) groups excluding carboxylic acids is 3. The molecule has 1 aliphatic rings. The molecule has 0 fully saturated rings. The molecule has 0 spiro atoms. The Morgan fingerprint density at radius 3 is 2.22 bits per heavy atom. The number of carboxylic acid groups (broad SMARTS) is 1. The number of ether oxygens (including phenoxy) is 1. The minimum atomic E-state index is -4.63. The fraction of sp³-hybridized carbons (Fsp3) is 0.250. The van der Waals surface area contributed by atoms with Gasteiger partial charge in [-0.2, -0.15) is 13.2 Å². The highest BCUT2D eigenvalue weighted by molar-refractivity contribution is 6.33. The zero-order valence-electron chi connectivity index (χ0n) is 18.5. The second-order valence-corrected chi connectivity index (χ2v) is 8.28. The maximum absolute atomic E-state index is 12.8. The Hall–Kier alpha value is -3.86. The van der Waals surface area contributed by atoms with Crippen molar-refractivity contribution in [3.05, 3.63) is 70.8 Å².